The van der Waals surface area contributed by atoms with Crippen LogP contribution in [0.15, 0.2) is 48.5 Å². The van der Waals surface area contributed by atoms with Gasteiger partial charge in [0.2, 0.25) is 0 Å². The highest BCUT2D eigenvalue weighted by atomic mass is 16.3. The Hall–Kier alpha value is -1.96. The highest BCUT2D eigenvalue weighted by Gasteiger charge is 2.23. The van der Waals surface area contributed by atoms with Gasteiger partial charge in [-0.05, 0) is 35.4 Å². The van der Waals surface area contributed by atoms with Crippen LogP contribution >= 0.6 is 0 Å². The van der Waals surface area contributed by atoms with Crippen LogP contribution in [0.2, 0.25) is 0 Å². The predicted octanol–water partition coefficient (Wildman–Crippen LogP) is 3.30. The first kappa shape index (κ1) is 11.5. The van der Waals surface area contributed by atoms with Crippen LogP contribution in [0, 0.1) is 0 Å². The van der Waals surface area contributed by atoms with E-state index in [1.165, 1.54) is 5.56 Å². The minimum atomic E-state index is -0.146. The lowest BCUT2D eigenvalue weighted by molar-refractivity contribution is 0.472. The standard InChI is InChI=1S/C15H17NO/c1-15(2,11-6-8-13(16)9-7-11)12-4-3-5-14(17)10-12/h3-10,17H,16H2,1-2H3. The predicted molar refractivity (Wildman–Crippen MR) is 71.1 cm³/mol. The van der Waals surface area contributed by atoms with Crippen molar-refractivity contribution in [3.63, 3.8) is 0 Å². The fraction of sp³-hybridized carbons (Fsp3) is 0.200. The molecule has 0 aliphatic heterocycles. The fourth-order valence-electron chi connectivity index (χ4n) is 1.96. The Kier molecular flexibility index (Phi) is 2.80. The van der Waals surface area contributed by atoms with Crippen LogP contribution < -0.4 is 5.73 Å². The summed E-state index contributed by atoms with van der Waals surface area (Å²) in [5.74, 6) is 0.297. The molecule has 0 aliphatic carbocycles. The quantitative estimate of drug-likeness (QED) is 0.773. The smallest absolute Gasteiger partial charge is 0.115 e. The molecule has 17 heavy (non-hydrogen) atoms. The van der Waals surface area contributed by atoms with Gasteiger partial charge in [-0.25, -0.2) is 0 Å². The van der Waals surface area contributed by atoms with E-state index in [4.69, 9.17) is 5.73 Å². The summed E-state index contributed by atoms with van der Waals surface area (Å²) < 4.78 is 0. The van der Waals surface area contributed by atoms with Gasteiger partial charge in [-0.2, -0.15) is 0 Å². The summed E-state index contributed by atoms with van der Waals surface area (Å²) in [6.45, 7) is 4.26. The SMILES string of the molecule is CC(C)(c1ccc(N)cc1)c1cccc(O)c1. The van der Waals surface area contributed by atoms with Gasteiger partial charge >= 0.3 is 0 Å². The number of phenols is 1. The summed E-state index contributed by atoms with van der Waals surface area (Å²) in [5, 5.41) is 9.55. The van der Waals surface area contributed by atoms with Crippen LogP contribution in [-0.2, 0) is 5.41 Å². The van der Waals surface area contributed by atoms with E-state index in [1.807, 2.05) is 36.4 Å². The molecule has 2 aromatic carbocycles. The third kappa shape index (κ3) is 2.26. The third-order valence-electron chi connectivity index (χ3n) is 3.20. The summed E-state index contributed by atoms with van der Waals surface area (Å²) in [5.41, 5.74) is 8.57. The zero-order valence-electron chi connectivity index (χ0n) is 10.1. The molecule has 0 spiro atoms. The van der Waals surface area contributed by atoms with Crippen LogP contribution in [0.3, 0.4) is 0 Å². The molecule has 0 radical (unpaired) electrons. The summed E-state index contributed by atoms with van der Waals surface area (Å²) >= 11 is 0. The Morgan fingerprint density at radius 1 is 0.941 bits per heavy atom. The number of rotatable bonds is 2. The molecule has 0 aromatic heterocycles. The zero-order chi connectivity index (χ0) is 12.5. The minimum Gasteiger partial charge on any atom is -0.508 e. The molecule has 0 fully saturated rings. The van der Waals surface area contributed by atoms with Crippen molar-refractivity contribution in [1.29, 1.82) is 0 Å². The molecular formula is C15H17NO. The lowest BCUT2D eigenvalue weighted by Gasteiger charge is -2.26. The number of hydrogen-bond acceptors (Lipinski definition) is 2. The first-order chi connectivity index (χ1) is 8.00. The second-order valence-corrected chi connectivity index (χ2v) is 4.80. The summed E-state index contributed by atoms with van der Waals surface area (Å²) in [7, 11) is 0. The van der Waals surface area contributed by atoms with Gasteiger partial charge in [-0.15, -0.1) is 0 Å². The Labute approximate surface area is 102 Å². The van der Waals surface area contributed by atoms with Crippen molar-refractivity contribution in [1.82, 2.24) is 0 Å². The molecule has 0 amide bonds. The first-order valence-electron chi connectivity index (χ1n) is 5.66. The maximum Gasteiger partial charge on any atom is 0.115 e. The van der Waals surface area contributed by atoms with E-state index in [1.54, 1.807) is 12.1 Å². The second-order valence-electron chi connectivity index (χ2n) is 4.80. The van der Waals surface area contributed by atoms with Crippen LogP contribution in [0.25, 0.3) is 0 Å². The van der Waals surface area contributed by atoms with Gasteiger partial charge in [-0.3, -0.25) is 0 Å². The fourth-order valence-corrected chi connectivity index (χ4v) is 1.96. The molecule has 0 unspecified atom stereocenters. The van der Waals surface area contributed by atoms with Gasteiger partial charge < -0.3 is 10.8 Å². The number of anilines is 1. The average Bonchev–Trinajstić information content (AvgIpc) is 2.29. The van der Waals surface area contributed by atoms with Crippen LogP contribution in [0.1, 0.15) is 25.0 Å². The molecule has 88 valence electrons. The number of hydrogen-bond donors (Lipinski definition) is 2. The monoisotopic (exact) mass is 227 g/mol. The third-order valence-corrected chi connectivity index (χ3v) is 3.20. The molecule has 0 heterocycles. The van der Waals surface area contributed by atoms with Gasteiger partial charge in [-0.1, -0.05) is 38.1 Å². The van der Waals surface area contributed by atoms with Crippen molar-refractivity contribution in [3.8, 4) is 5.75 Å². The van der Waals surface area contributed by atoms with E-state index in [0.717, 1.165) is 11.3 Å². The van der Waals surface area contributed by atoms with E-state index in [2.05, 4.69) is 13.8 Å². The largest absolute Gasteiger partial charge is 0.508 e. The van der Waals surface area contributed by atoms with E-state index in [9.17, 15) is 5.11 Å². The highest BCUT2D eigenvalue weighted by Crippen LogP contribution is 2.33. The number of nitrogen functional groups attached to an aromatic ring is 1. The Morgan fingerprint density at radius 2 is 1.59 bits per heavy atom. The number of nitrogens with two attached hydrogens (primary N) is 1. The van der Waals surface area contributed by atoms with Crippen molar-refractivity contribution in [2.75, 3.05) is 5.73 Å². The molecular weight excluding hydrogens is 210 g/mol. The highest BCUT2D eigenvalue weighted by molar-refractivity contribution is 5.46. The minimum absolute atomic E-state index is 0.146. The van der Waals surface area contributed by atoms with Crippen molar-refractivity contribution in [3.05, 3.63) is 59.7 Å². The summed E-state index contributed by atoms with van der Waals surface area (Å²) in [6, 6.07) is 15.2. The van der Waals surface area contributed by atoms with Crippen molar-refractivity contribution >= 4 is 5.69 Å². The van der Waals surface area contributed by atoms with Gasteiger partial charge in [0.15, 0.2) is 0 Å². The molecule has 2 rings (SSSR count). The topological polar surface area (TPSA) is 46.2 Å². The Balaban J connectivity index is 2.45. The first-order valence-corrected chi connectivity index (χ1v) is 5.66. The van der Waals surface area contributed by atoms with E-state index in [0.29, 0.717) is 5.75 Å². The van der Waals surface area contributed by atoms with Gasteiger partial charge in [0.25, 0.3) is 0 Å². The van der Waals surface area contributed by atoms with E-state index in [-0.39, 0.29) is 5.41 Å². The molecule has 2 heteroatoms. The number of phenolic OH excluding ortho intramolecular Hbond substituents is 1. The number of aromatic hydroxyl groups is 1. The molecule has 2 aromatic rings. The lowest BCUT2D eigenvalue weighted by Crippen LogP contribution is -2.18. The normalized spacial score (nSPS) is 11.4. The molecule has 2 nitrogen and oxygen atoms in total. The molecule has 0 bridgehead atoms. The van der Waals surface area contributed by atoms with Crippen LogP contribution in [0.4, 0.5) is 5.69 Å². The van der Waals surface area contributed by atoms with Gasteiger partial charge in [0.05, 0.1) is 0 Å². The van der Waals surface area contributed by atoms with Gasteiger partial charge in [0.1, 0.15) is 5.75 Å². The van der Waals surface area contributed by atoms with Crippen molar-refractivity contribution < 1.29 is 5.11 Å². The molecule has 0 aliphatic rings. The van der Waals surface area contributed by atoms with Gasteiger partial charge in [0, 0.05) is 11.1 Å². The van der Waals surface area contributed by atoms with E-state index < -0.39 is 0 Å². The molecule has 0 atom stereocenters. The van der Waals surface area contributed by atoms with Crippen molar-refractivity contribution in [2.45, 2.75) is 19.3 Å². The van der Waals surface area contributed by atoms with Crippen molar-refractivity contribution in [2.24, 2.45) is 0 Å². The molecule has 0 saturated carbocycles. The lowest BCUT2D eigenvalue weighted by atomic mass is 9.78. The zero-order valence-corrected chi connectivity index (χ0v) is 10.1. The second kappa shape index (κ2) is 4.13. The Morgan fingerprint density at radius 3 is 2.18 bits per heavy atom. The van der Waals surface area contributed by atoms with Crippen LogP contribution in [0.5, 0.6) is 5.75 Å². The Bertz CT molecular complexity index is 515. The average molecular weight is 227 g/mol. The summed E-state index contributed by atoms with van der Waals surface area (Å²) in [6.07, 6.45) is 0. The summed E-state index contributed by atoms with van der Waals surface area (Å²) in [4.78, 5) is 0. The maximum absolute atomic E-state index is 9.55. The molecule has 0 saturated heterocycles. The molecule has 3 N–H and O–H groups in total. The van der Waals surface area contributed by atoms with Crippen LogP contribution in [-0.4, -0.2) is 5.11 Å². The maximum atomic E-state index is 9.55. The van der Waals surface area contributed by atoms with E-state index >= 15 is 0 Å². The number of benzene rings is 2.